The molecule has 6 heteroatoms. The molecule has 3 rings (SSSR count). The normalized spacial score (nSPS) is 15.2. The van der Waals surface area contributed by atoms with Crippen LogP contribution in [0.2, 0.25) is 0 Å². The van der Waals surface area contributed by atoms with Crippen LogP contribution >= 0.6 is 11.3 Å². The smallest absolute Gasteiger partial charge is 0.265 e. The number of benzene rings is 1. The molecule has 0 bridgehead atoms. The third-order valence-electron chi connectivity index (χ3n) is 4.58. The molecule has 1 aliphatic heterocycles. The zero-order chi connectivity index (χ0) is 18.0. The number of amides is 2. The van der Waals surface area contributed by atoms with Crippen molar-refractivity contribution in [1.29, 1.82) is 0 Å². The minimum atomic E-state index is 0.0292. The Morgan fingerprint density at radius 3 is 2.40 bits per heavy atom. The summed E-state index contributed by atoms with van der Waals surface area (Å²) in [4.78, 5) is 33.7. The average molecular weight is 357 g/mol. The molecule has 1 saturated heterocycles. The molecule has 132 valence electrons. The fourth-order valence-electron chi connectivity index (χ4n) is 3.14. The molecule has 0 N–H and O–H groups in total. The summed E-state index contributed by atoms with van der Waals surface area (Å²) in [5, 5.41) is 0.874. The van der Waals surface area contributed by atoms with Crippen LogP contribution in [0.15, 0.2) is 30.3 Å². The summed E-state index contributed by atoms with van der Waals surface area (Å²) in [6.07, 6.45) is 1.46. The van der Waals surface area contributed by atoms with Gasteiger partial charge in [0.1, 0.15) is 9.88 Å². The van der Waals surface area contributed by atoms with Crippen molar-refractivity contribution in [2.75, 3.05) is 27.2 Å². The lowest BCUT2D eigenvalue weighted by atomic mass is 9.95. The highest BCUT2D eigenvalue weighted by atomic mass is 32.1. The fourth-order valence-corrected chi connectivity index (χ4v) is 4.18. The highest BCUT2D eigenvalue weighted by Gasteiger charge is 2.30. The zero-order valence-corrected chi connectivity index (χ0v) is 15.7. The van der Waals surface area contributed by atoms with E-state index in [2.05, 4.69) is 4.98 Å². The molecule has 2 aromatic rings. The Labute approximate surface area is 152 Å². The molecule has 1 aromatic heterocycles. The van der Waals surface area contributed by atoms with E-state index < -0.39 is 0 Å². The number of hydrogen-bond donors (Lipinski definition) is 0. The SMILES string of the molecule is Cc1nc(-c2ccccc2)sc1C(=O)N1CCC(C(=O)N(C)C)CC1. The van der Waals surface area contributed by atoms with Crippen molar-refractivity contribution in [2.24, 2.45) is 5.92 Å². The second-order valence-corrected chi connectivity index (χ2v) is 7.60. The van der Waals surface area contributed by atoms with Gasteiger partial charge in [-0.15, -0.1) is 11.3 Å². The molecule has 1 aromatic carbocycles. The van der Waals surface area contributed by atoms with Crippen molar-refractivity contribution in [3.8, 4) is 10.6 Å². The quantitative estimate of drug-likeness (QED) is 0.848. The molecule has 0 radical (unpaired) electrons. The van der Waals surface area contributed by atoms with Gasteiger partial charge in [-0.3, -0.25) is 9.59 Å². The maximum absolute atomic E-state index is 12.9. The highest BCUT2D eigenvalue weighted by Crippen LogP contribution is 2.30. The minimum Gasteiger partial charge on any atom is -0.349 e. The first kappa shape index (κ1) is 17.6. The Kier molecular flexibility index (Phi) is 5.18. The first-order valence-electron chi connectivity index (χ1n) is 8.50. The molecule has 5 nitrogen and oxygen atoms in total. The van der Waals surface area contributed by atoms with E-state index in [1.54, 1.807) is 19.0 Å². The van der Waals surface area contributed by atoms with Gasteiger partial charge in [0.25, 0.3) is 5.91 Å². The number of carbonyl (C=O) groups is 2. The van der Waals surface area contributed by atoms with Crippen LogP contribution in [0.25, 0.3) is 10.6 Å². The summed E-state index contributed by atoms with van der Waals surface area (Å²) in [7, 11) is 3.57. The summed E-state index contributed by atoms with van der Waals surface area (Å²) in [6.45, 7) is 3.14. The number of nitrogens with zero attached hydrogens (tertiary/aromatic N) is 3. The van der Waals surface area contributed by atoms with Crippen LogP contribution in [0, 0.1) is 12.8 Å². The molecule has 25 heavy (non-hydrogen) atoms. The summed E-state index contributed by atoms with van der Waals surface area (Å²) >= 11 is 1.45. The Bertz CT molecular complexity index is 762. The van der Waals surface area contributed by atoms with Crippen LogP contribution < -0.4 is 0 Å². The molecule has 2 amide bonds. The maximum atomic E-state index is 12.9. The first-order chi connectivity index (χ1) is 12.0. The number of aryl methyl sites for hydroxylation is 1. The van der Waals surface area contributed by atoms with Gasteiger partial charge in [-0.1, -0.05) is 30.3 Å². The fraction of sp³-hybridized carbons (Fsp3) is 0.421. The van der Waals surface area contributed by atoms with E-state index in [0.717, 1.165) is 29.1 Å². The second kappa shape index (κ2) is 7.35. The highest BCUT2D eigenvalue weighted by molar-refractivity contribution is 7.17. The van der Waals surface area contributed by atoms with Crippen LogP contribution in [0.1, 0.15) is 28.2 Å². The van der Waals surface area contributed by atoms with Crippen LogP contribution in [-0.2, 0) is 4.79 Å². The van der Waals surface area contributed by atoms with Crippen molar-refractivity contribution in [1.82, 2.24) is 14.8 Å². The lowest BCUT2D eigenvalue weighted by Gasteiger charge is -2.32. The van der Waals surface area contributed by atoms with E-state index in [-0.39, 0.29) is 17.7 Å². The van der Waals surface area contributed by atoms with E-state index >= 15 is 0 Å². The van der Waals surface area contributed by atoms with E-state index in [1.807, 2.05) is 42.2 Å². The summed E-state index contributed by atoms with van der Waals surface area (Å²) < 4.78 is 0. The average Bonchev–Trinajstić information content (AvgIpc) is 3.03. The van der Waals surface area contributed by atoms with Crippen molar-refractivity contribution >= 4 is 23.2 Å². The van der Waals surface area contributed by atoms with Crippen molar-refractivity contribution in [3.63, 3.8) is 0 Å². The van der Waals surface area contributed by atoms with Gasteiger partial charge in [0, 0.05) is 38.7 Å². The number of likely N-dealkylation sites (tertiary alicyclic amines) is 1. The third kappa shape index (κ3) is 3.74. The van der Waals surface area contributed by atoms with Gasteiger partial charge < -0.3 is 9.80 Å². The Morgan fingerprint density at radius 1 is 1.16 bits per heavy atom. The lowest BCUT2D eigenvalue weighted by Crippen LogP contribution is -2.42. The standard InChI is InChI=1S/C19H23N3O2S/c1-13-16(25-17(20-13)14-7-5-4-6-8-14)19(24)22-11-9-15(10-12-22)18(23)21(2)3/h4-8,15H,9-12H2,1-3H3. The molecular weight excluding hydrogens is 334 g/mol. The van der Waals surface area contributed by atoms with Crippen molar-refractivity contribution in [3.05, 3.63) is 40.9 Å². The Morgan fingerprint density at radius 2 is 1.80 bits per heavy atom. The summed E-state index contributed by atoms with van der Waals surface area (Å²) in [5.74, 6) is 0.224. The zero-order valence-electron chi connectivity index (χ0n) is 14.9. The van der Waals surface area contributed by atoms with Gasteiger partial charge in [0.2, 0.25) is 5.91 Å². The van der Waals surface area contributed by atoms with Crippen LogP contribution in [0.3, 0.4) is 0 Å². The van der Waals surface area contributed by atoms with Gasteiger partial charge in [-0.05, 0) is 19.8 Å². The number of rotatable bonds is 3. The molecule has 0 unspecified atom stereocenters. The Hall–Kier alpha value is -2.21. The largest absolute Gasteiger partial charge is 0.349 e. The van der Waals surface area contributed by atoms with Gasteiger partial charge in [0.05, 0.1) is 5.69 Å². The molecule has 1 aliphatic rings. The summed E-state index contributed by atoms with van der Waals surface area (Å²) in [6, 6.07) is 9.92. The molecule has 0 atom stereocenters. The topological polar surface area (TPSA) is 53.5 Å². The van der Waals surface area contributed by atoms with Crippen LogP contribution in [0.5, 0.6) is 0 Å². The van der Waals surface area contributed by atoms with Gasteiger partial charge in [-0.25, -0.2) is 4.98 Å². The third-order valence-corrected chi connectivity index (χ3v) is 5.78. The molecule has 0 saturated carbocycles. The van der Waals surface area contributed by atoms with E-state index in [0.29, 0.717) is 18.0 Å². The number of carbonyl (C=O) groups excluding carboxylic acids is 2. The number of aromatic nitrogens is 1. The van der Waals surface area contributed by atoms with E-state index in [1.165, 1.54) is 11.3 Å². The number of piperidine rings is 1. The number of hydrogen-bond acceptors (Lipinski definition) is 4. The lowest BCUT2D eigenvalue weighted by molar-refractivity contribution is -0.134. The minimum absolute atomic E-state index is 0.0292. The molecule has 0 spiro atoms. The van der Waals surface area contributed by atoms with Crippen LogP contribution in [0.4, 0.5) is 0 Å². The van der Waals surface area contributed by atoms with Gasteiger partial charge >= 0.3 is 0 Å². The van der Waals surface area contributed by atoms with Crippen molar-refractivity contribution < 1.29 is 9.59 Å². The molecule has 0 aliphatic carbocycles. The Balaban J connectivity index is 1.70. The molecule has 1 fully saturated rings. The van der Waals surface area contributed by atoms with Gasteiger partial charge in [-0.2, -0.15) is 0 Å². The predicted octanol–water partition coefficient (Wildman–Crippen LogP) is 3.06. The van der Waals surface area contributed by atoms with E-state index in [4.69, 9.17) is 0 Å². The molecule has 2 heterocycles. The first-order valence-corrected chi connectivity index (χ1v) is 9.32. The summed E-state index contributed by atoms with van der Waals surface area (Å²) in [5.41, 5.74) is 1.81. The second-order valence-electron chi connectivity index (χ2n) is 6.60. The number of thiazole rings is 1. The monoisotopic (exact) mass is 357 g/mol. The van der Waals surface area contributed by atoms with E-state index in [9.17, 15) is 9.59 Å². The van der Waals surface area contributed by atoms with Crippen molar-refractivity contribution in [2.45, 2.75) is 19.8 Å². The maximum Gasteiger partial charge on any atom is 0.265 e. The molecular formula is C19H23N3O2S. The predicted molar refractivity (Wildman–Crippen MR) is 99.6 cm³/mol. The van der Waals surface area contributed by atoms with Crippen LogP contribution in [-0.4, -0.2) is 53.8 Å². The van der Waals surface area contributed by atoms with Gasteiger partial charge in [0.15, 0.2) is 0 Å².